The maximum atomic E-state index is 11.6. The van der Waals surface area contributed by atoms with Crippen LogP contribution in [0.1, 0.15) is 6.42 Å². The largest absolute Gasteiger partial charge is 0.469 e. The molecule has 0 saturated carbocycles. The topological polar surface area (TPSA) is 58.6 Å². The summed E-state index contributed by atoms with van der Waals surface area (Å²) < 4.78 is 5.50. The Bertz CT molecular complexity index is 490. The fourth-order valence-electron chi connectivity index (χ4n) is 1.86. The number of amides is 1. The number of fused-ring (bicyclic) bond motifs is 1. The number of ether oxygens (including phenoxy) is 1. The zero-order valence-corrected chi connectivity index (χ0v) is 11.5. The highest BCUT2D eigenvalue weighted by atomic mass is 79.9. The Morgan fingerprint density at radius 2 is 2.33 bits per heavy atom. The van der Waals surface area contributed by atoms with Crippen LogP contribution < -0.4 is 10.2 Å². The second kappa shape index (κ2) is 5.39. The Kier molecular flexibility index (Phi) is 3.86. The lowest BCUT2D eigenvalue weighted by Gasteiger charge is -2.30. The van der Waals surface area contributed by atoms with Gasteiger partial charge in [0.05, 0.1) is 31.5 Å². The van der Waals surface area contributed by atoms with Crippen molar-refractivity contribution < 1.29 is 14.3 Å². The zero-order chi connectivity index (χ0) is 13.1. The van der Waals surface area contributed by atoms with E-state index in [0.717, 1.165) is 15.8 Å². The van der Waals surface area contributed by atoms with Gasteiger partial charge in [-0.1, -0.05) is 15.9 Å². The van der Waals surface area contributed by atoms with Gasteiger partial charge < -0.3 is 15.0 Å². The number of nitrogens with zero attached hydrogens (tertiary/aromatic N) is 1. The Balaban J connectivity index is 2.17. The van der Waals surface area contributed by atoms with E-state index >= 15 is 0 Å². The minimum absolute atomic E-state index is 0.0783. The van der Waals surface area contributed by atoms with Crippen molar-refractivity contribution in [2.24, 2.45) is 0 Å². The third-order valence-electron chi connectivity index (χ3n) is 2.72. The van der Waals surface area contributed by atoms with Crippen LogP contribution in [0.25, 0.3) is 0 Å². The van der Waals surface area contributed by atoms with Crippen LogP contribution in [0.2, 0.25) is 0 Å². The molecular weight excluding hydrogens is 300 g/mol. The van der Waals surface area contributed by atoms with E-state index in [1.165, 1.54) is 7.11 Å². The number of benzene rings is 1. The van der Waals surface area contributed by atoms with Crippen molar-refractivity contribution in [2.45, 2.75) is 6.42 Å². The number of nitrogens with one attached hydrogen (secondary N) is 1. The predicted molar refractivity (Wildman–Crippen MR) is 71.6 cm³/mol. The quantitative estimate of drug-likeness (QED) is 0.864. The summed E-state index contributed by atoms with van der Waals surface area (Å²) in [5.74, 6) is -0.356. The molecule has 0 unspecified atom stereocenters. The van der Waals surface area contributed by atoms with Gasteiger partial charge in [-0.25, -0.2) is 0 Å². The van der Waals surface area contributed by atoms with Crippen molar-refractivity contribution in [3.63, 3.8) is 0 Å². The normalized spacial score (nSPS) is 13.9. The third kappa shape index (κ3) is 2.81. The van der Waals surface area contributed by atoms with Gasteiger partial charge in [0.1, 0.15) is 0 Å². The molecule has 1 amide bonds. The van der Waals surface area contributed by atoms with Crippen molar-refractivity contribution in [2.75, 3.05) is 30.4 Å². The molecule has 0 radical (unpaired) electrons. The van der Waals surface area contributed by atoms with Crippen LogP contribution in [0, 0.1) is 0 Å². The summed E-state index contributed by atoms with van der Waals surface area (Å²) in [6.45, 7) is 0.723. The number of carbonyl (C=O) groups excluding carboxylic acids is 2. The van der Waals surface area contributed by atoms with E-state index in [9.17, 15) is 9.59 Å². The van der Waals surface area contributed by atoms with E-state index < -0.39 is 0 Å². The number of esters is 1. The van der Waals surface area contributed by atoms with Crippen LogP contribution in [-0.2, 0) is 14.3 Å². The number of hydrogen-bond acceptors (Lipinski definition) is 4. The first-order valence-corrected chi connectivity index (χ1v) is 6.30. The summed E-state index contributed by atoms with van der Waals surface area (Å²) in [6.07, 6.45) is 0.263. The van der Waals surface area contributed by atoms with Gasteiger partial charge in [0.15, 0.2) is 0 Å². The molecule has 18 heavy (non-hydrogen) atoms. The first-order valence-electron chi connectivity index (χ1n) is 5.51. The van der Waals surface area contributed by atoms with E-state index in [0.29, 0.717) is 6.54 Å². The zero-order valence-electron chi connectivity index (χ0n) is 9.90. The second-order valence-corrected chi connectivity index (χ2v) is 4.87. The lowest BCUT2D eigenvalue weighted by atomic mass is 10.2. The molecule has 0 fully saturated rings. The van der Waals surface area contributed by atoms with Gasteiger partial charge in [0, 0.05) is 11.0 Å². The molecular formula is C12H13BrN2O3. The number of anilines is 2. The Hall–Kier alpha value is -1.56. The molecule has 1 aromatic rings. The molecule has 1 N–H and O–H groups in total. The Morgan fingerprint density at radius 3 is 3.06 bits per heavy atom. The molecule has 0 aliphatic carbocycles. The fraction of sp³-hybridized carbons (Fsp3) is 0.333. The number of halogens is 1. The summed E-state index contributed by atoms with van der Waals surface area (Å²) in [7, 11) is 1.36. The first-order chi connectivity index (χ1) is 8.60. The minimum atomic E-state index is -0.278. The smallest absolute Gasteiger partial charge is 0.307 e. The monoisotopic (exact) mass is 312 g/mol. The van der Waals surface area contributed by atoms with Crippen molar-refractivity contribution in [3.8, 4) is 0 Å². The average molecular weight is 313 g/mol. The van der Waals surface area contributed by atoms with Gasteiger partial charge in [-0.15, -0.1) is 0 Å². The molecule has 96 valence electrons. The number of carbonyl (C=O) groups is 2. The molecule has 0 aromatic heterocycles. The lowest BCUT2D eigenvalue weighted by Crippen LogP contribution is -2.39. The molecule has 5 nitrogen and oxygen atoms in total. The number of hydrogen-bond donors (Lipinski definition) is 1. The van der Waals surface area contributed by atoms with Crippen molar-refractivity contribution >= 4 is 39.2 Å². The second-order valence-electron chi connectivity index (χ2n) is 3.96. The first kappa shape index (κ1) is 12.9. The SMILES string of the molecule is COC(=O)CCN1CC(=O)Nc2cc(Br)ccc21. The standard InChI is InChI=1S/C12H13BrN2O3/c1-18-12(17)4-5-15-7-11(16)14-9-6-8(13)2-3-10(9)15/h2-3,6H,4-5,7H2,1H3,(H,14,16). The van der Waals surface area contributed by atoms with Crippen molar-refractivity contribution in [3.05, 3.63) is 22.7 Å². The van der Waals surface area contributed by atoms with E-state index in [-0.39, 0.29) is 24.8 Å². The van der Waals surface area contributed by atoms with E-state index in [1.54, 1.807) is 0 Å². The molecule has 0 saturated heterocycles. The van der Waals surface area contributed by atoms with Crippen LogP contribution in [0.3, 0.4) is 0 Å². The molecule has 0 atom stereocenters. The summed E-state index contributed by atoms with van der Waals surface area (Å²) in [5, 5.41) is 2.81. The minimum Gasteiger partial charge on any atom is -0.469 e. The highest BCUT2D eigenvalue weighted by molar-refractivity contribution is 9.10. The van der Waals surface area contributed by atoms with E-state index in [4.69, 9.17) is 0 Å². The number of methoxy groups -OCH3 is 1. The molecule has 6 heteroatoms. The van der Waals surface area contributed by atoms with Gasteiger partial charge in [-0.05, 0) is 18.2 Å². The summed E-state index contributed by atoms with van der Waals surface area (Å²) in [4.78, 5) is 24.6. The lowest BCUT2D eigenvalue weighted by molar-refractivity contribution is -0.140. The molecule has 1 aliphatic rings. The summed E-state index contributed by atoms with van der Waals surface area (Å²) in [5.41, 5.74) is 1.67. The van der Waals surface area contributed by atoms with Crippen LogP contribution >= 0.6 is 15.9 Å². The van der Waals surface area contributed by atoms with Crippen LogP contribution in [-0.4, -0.2) is 32.1 Å². The summed E-state index contributed by atoms with van der Waals surface area (Å²) >= 11 is 3.36. The van der Waals surface area contributed by atoms with Crippen molar-refractivity contribution in [1.82, 2.24) is 0 Å². The Morgan fingerprint density at radius 1 is 1.56 bits per heavy atom. The average Bonchev–Trinajstić information content (AvgIpc) is 2.34. The highest BCUT2D eigenvalue weighted by Crippen LogP contribution is 2.32. The van der Waals surface area contributed by atoms with Crippen LogP contribution in [0.4, 0.5) is 11.4 Å². The predicted octanol–water partition coefficient (Wildman–Crippen LogP) is 1.77. The van der Waals surface area contributed by atoms with E-state index in [1.807, 2.05) is 23.1 Å². The molecule has 1 aliphatic heterocycles. The molecule has 1 aromatic carbocycles. The van der Waals surface area contributed by atoms with Gasteiger partial charge in [0.2, 0.25) is 5.91 Å². The van der Waals surface area contributed by atoms with Gasteiger partial charge >= 0.3 is 5.97 Å². The molecule has 0 spiro atoms. The fourth-order valence-corrected chi connectivity index (χ4v) is 2.22. The molecule has 2 rings (SSSR count). The van der Waals surface area contributed by atoms with Gasteiger partial charge in [-0.2, -0.15) is 0 Å². The summed E-state index contributed by atoms with van der Waals surface area (Å²) in [6, 6.07) is 5.66. The third-order valence-corrected chi connectivity index (χ3v) is 3.21. The van der Waals surface area contributed by atoms with Gasteiger partial charge in [-0.3, -0.25) is 9.59 Å². The van der Waals surface area contributed by atoms with Crippen LogP contribution in [0.15, 0.2) is 22.7 Å². The Labute approximate surface area is 113 Å². The van der Waals surface area contributed by atoms with Gasteiger partial charge in [0.25, 0.3) is 0 Å². The maximum absolute atomic E-state index is 11.6. The molecule has 0 bridgehead atoms. The van der Waals surface area contributed by atoms with E-state index in [2.05, 4.69) is 26.0 Å². The highest BCUT2D eigenvalue weighted by Gasteiger charge is 2.22. The number of rotatable bonds is 3. The molecule has 1 heterocycles. The van der Waals surface area contributed by atoms with Crippen molar-refractivity contribution in [1.29, 1.82) is 0 Å². The van der Waals surface area contributed by atoms with Crippen LogP contribution in [0.5, 0.6) is 0 Å². The maximum Gasteiger partial charge on any atom is 0.307 e.